The molecule has 0 aliphatic carbocycles. The van der Waals surface area contributed by atoms with Gasteiger partial charge in [-0.05, 0) is 24.6 Å². The Labute approximate surface area is 151 Å². The Morgan fingerprint density at radius 3 is 2.76 bits per heavy atom. The van der Waals surface area contributed by atoms with Crippen molar-refractivity contribution in [3.63, 3.8) is 0 Å². The minimum atomic E-state index is 0.0417. The fourth-order valence-electron chi connectivity index (χ4n) is 2.46. The van der Waals surface area contributed by atoms with Crippen LogP contribution in [0.1, 0.15) is 22.7 Å². The number of carbonyl (C=O) groups excluding carboxylic acids is 1. The summed E-state index contributed by atoms with van der Waals surface area (Å²) < 4.78 is 5.27. The number of hydrogen-bond acceptors (Lipinski definition) is 4. The van der Waals surface area contributed by atoms with E-state index in [0.29, 0.717) is 12.3 Å². The first-order valence-electron chi connectivity index (χ1n) is 8.10. The molecule has 3 rings (SSSR count). The highest BCUT2D eigenvalue weighted by Crippen LogP contribution is 2.19. The number of thioether (sulfide) groups is 1. The monoisotopic (exact) mass is 355 g/mol. The molecule has 0 aliphatic rings. The average Bonchev–Trinajstić information content (AvgIpc) is 3.24. The first-order valence-corrected chi connectivity index (χ1v) is 9.09. The molecule has 2 heterocycles. The number of aromatic amines is 1. The van der Waals surface area contributed by atoms with Crippen LogP contribution in [-0.4, -0.2) is 33.6 Å². The van der Waals surface area contributed by atoms with Gasteiger partial charge in [-0.1, -0.05) is 42.1 Å². The van der Waals surface area contributed by atoms with Crippen molar-refractivity contribution in [3.05, 3.63) is 71.4 Å². The number of H-pyrrole nitrogens is 1. The van der Waals surface area contributed by atoms with E-state index in [-0.39, 0.29) is 5.91 Å². The molecule has 1 amide bonds. The van der Waals surface area contributed by atoms with Gasteiger partial charge < -0.3 is 14.3 Å². The van der Waals surface area contributed by atoms with Gasteiger partial charge in [0.15, 0.2) is 5.16 Å². The summed E-state index contributed by atoms with van der Waals surface area (Å²) in [5.41, 5.74) is 3.29. The van der Waals surface area contributed by atoms with Crippen molar-refractivity contribution >= 4 is 17.7 Å². The molecule has 0 saturated carbocycles. The maximum absolute atomic E-state index is 12.2. The van der Waals surface area contributed by atoms with Crippen LogP contribution in [-0.2, 0) is 17.8 Å². The van der Waals surface area contributed by atoms with E-state index >= 15 is 0 Å². The van der Waals surface area contributed by atoms with Gasteiger partial charge in [0.25, 0.3) is 0 Å². The van der Waals surface area contributed by atoms with Crippen LogP contribution < -0.4 is 0 Å². The van der Waals surface area contributed by atoms with E-state index in [4.69, 9.17) is 4.42 Å². The zero-order valence-corrected chi connectivity index (χ0v) is 15.2. The molecule has 1 N–H and O–H groups in total. The van der Waals surface area contributed by atoms with Crippen LogP contribution in [0.5, 0.6) is 0 Å². The van der Waals surface area contributed by atoms with Crippen molar-refractivity contribution in [3.8, 4) is 0 Å². The highest BCUT2D eigenvalue weighted by atomic mass is 32.2. The second kappa shape index (κ2) is 8.07. The van der Waals surface area contributed by atoms with Gasteiger partial charge in [-0.25, -0.2) is 4.98 Å². The zero-order chi connectivity index (χ0) is 17.6. The average molecular weight is 355 g/mol. The van der Waals surface area contributed by atoms with Gasteiger partial charge in [-0.2, -0.15) is 0 Å². The van der Waals surface area contributed by atoms with Gasteiger partial charge in [0.1, 0.15) is 5.76 Å². The quantitative estimate of drug-likeness (QED) is 0.657. The predicted octanol–water partition coefficient (Wildman–Crippen LogP) is 3.65. The molecular weight excluding hydrogens is 334 g/mol. The summed E-state index contributed by atoms with van der Waals surface area (Å²) in [6.45, 7) is 2.49. The lowest BCUT2D eigenvalue weighted by Crippen LogP contribution is -2.27. The summed E-state index contributed by atoms with van der Waals surface area (Å²) in [7, 11) is 1.78. The molecule has 2 aromatic heterocycles. The summed E-state index contributed by atoms with van der Waals surface area (Å²) in [5.74, 6) is 1.16. The van der Waals surface area contributed by atoms with Crippen molar-refractivity contribution in [2.75, 3.05) is 12.8 Å². The smallest absolute Gasteiger partial charge is 0.233 e. The molecule has 0 aliphatic heterocycles. The van der Waals surface area contributed by atoms with E-state index in [2.05, 4.69) is 22.1 Å². The van der Waals surface area contributed by atoms with E-state index in [1.807, 2.05) is 37.3 Å². The molecule has 0 bridgehead atoms. The Morgan fingerprint density at radius 2 is 2.04 bits per heavy atom. The van der Waals surface area contributed by atoms with Crippen LogP contribution in [0.25, 0.3) is 0 Å². The van der Waals surface area contributed by atoms with Crippen molar-refractivity contribution < 1.29 is 9.21 Å². The van der Waals surface area contributed by atoms with Gasteiger partial charge >= 0.3 is 0 Å². The Morgan fingerprint density at radius 1 is 1.24 bits per heavy atom. The number of furan rings is 1. The van der Waals surface area contributed by atoms with E-state index in [1.54, 1.807) is 18.2 Å². The molecule has 0 saturated heterocycles. The Hall–Kier alpha value is -2.47. The first-order chi connectivity index (χ1) is 12.1. The van der Waals surface area contributed by atoms with Gasteiger partial charge in [0.05, 0.1) is 24.3 Å². The van der Waals surface area contributed by atoms with Crippen LogP contribution in [0.2, 0.25) is 0 Å². The standard InChI is InChI=1S/C19H21N3O2S/c1-14-17(11-15-7-4-3-5-8-15)21-19(20-14)25-13-18(23)22(2)12-16-9-6-10-24-16/h3-10H,11-13H2,1-2H3,(H,20,21). The molecule has 0 unspecified atom stereocenters. The van der Waals surface area contributed by atoms with Crippen molar-refractivity contribution in [1.29, 1.82) is 0 Å². The third-order valence-electron chi connectivity index (χ3n) is 3.91. The Balaban J connectivity index is 1.54. The van der Waals surface area contributed by atoms with Gasteiger partial charge in [0.2, 0.25) is 5.91 Å². The molecule has 130 valence electrons. The maximum Gasteiger partial charge on any atom is 0.233 e. The van der Waals surface area contributed by atoms with Crippen molar-refractivity contribution in [2.45, 2.75) is 25.0 Å². The third-order valence-corrected chi connectivity index (χ3v) is 4.77. The maximum atomic E-state index is 12.2. The number of aromatic nitrogens is 2. The van der Waals surface area contributed by atoms with Crippen LogP contribution in [0.4, 0.5) is 0 Å². The highest BCUT2D eigenvalue weighted by molar-refractivity contribution is 7.99. The molecule has 3 aromatic rings. The van der Waals surface area contributed by atoms with E-state index in [0.717, 1.165) is 28.7 Å². The van der Waals surface area contributed by atoms with Gasteiger partial charge in [-0.15, -0.1) is 0 Å². The fraction of sp³-hybridized carbons (Fsp3) is 0.263. The number of nitrogens with zero attached hydrogens (tertiary/aromatic N) is 2. The van der Waals surface area contributed by atoms with Crippen LogP contribution in [0.3, 0.4) is 0 Å². The highest BCUT2D eigenvalue weighted by Gasteiger charge is 2.14. The lowest BCUT2D eigenvalue weighted by molar-refractivity contribution is -0.127. The van der Waals surface area contributed by atoms with E-state index in [9.17, 15) is 4.79 Å². The van der Waals surface area contributed by atoms with E-state index < -0.39 is 0 Å². The number of nitrogens with one attached hydrogen (secondary N) is 1. The summed E-state index contributed by atoms with van der Waals surface area (Å²) in [6, 6.07) is 13.9. The molecule has 0 fully saturated rings. The number of hydrogen-bond donors (Lipinski definition) is 1. The first kappa shape index (κ1) is 17.4. The minimum absolute atomic E-state index is 0.0417. The molecule has 0 atom stereocenters. The molecule has 0 spiro atoms. The molecule has 5 nitrogen and oxygen atoms in total. The van der Waals surface area contributed by atoms with Crippen LogP contribution in [0.15, 0.2) is 58.3 Å². The lowest BCUT2D eigenvalue weighted by Gasteiger charge is -2.14. The summed E-state index contributed by atoms with van der Waals surface area (Å²) in [4.78, 5) is 21.8. The predicted molar refractivity (Wildman–Crippen MR) is 98.5 cm³/mol. The second-order valence-electron chi connectivity index (χ2n) is 5.89. The molecule has 1 aromatic carbocycles. The van der Waals surface area contributed by atoms with Gasteiger partial charge in [-0.3, -0.25) is 4.79 Å². The zero-order valence-electron chi connectivity index (χ0n) is 14.4. The Kier molecular flexibility index (Phi) is 5.60. The van der Waals surface area contributed by atoms with Crippen LogP contribution in [0, 0.1) is 6.92 Å². The second-order valence-corrected chi connectivity index (χ2v) is 6.86. The SMILES string of the molecule is Cc1[nH]c(SCC(=O)N(C)Cc2ccco2)nc1Cc1ccccc1. The topological polar surface area (TPSA) is 62.1 Å². The molecule has 25 heavy (non-hydrogen) atoms. The molecule has 0 radical (unpaired) electrons. The lowest BCUT2D eigenvalue weighted by atomic mass is 10.1. The summed E-state index contributed by atoms with van der Waals surface area (Å²) in [6.07, 6.45) is 2.40. The largest absolute Gasteiger partial charge is 0.467 e. The van der Waals surface area contributed by atoms with Crippen molar-refractivity contribution in [1.82, 2.24) is 14.9 Å². The van der Waals surface area contributed by atoms with E-state index in [1.165, 1.54) is 17.3 Å². The minimum Gasteiger partial charge on any atom is -0.467 e. The van der Waals surface area contributed by atoms with Crippen molar-refractivity contribution in [2.24, 2.45) is 0 Å². The fourth-order valence-corrected chi connectivity index (χ4v) is 3.34. The number of carbonyl (C=O) groups is 1. The molecular formula is C19H21N3O2S. The number of benzene rings is 1. The van der Waals surface area contributed by atoms with Gasteiger partial charge in [0, 0.05) is 19.2 Å². The molecule has 6 heteroatoms. The summed E-state index contributed by atoms with van der Waals surface area (Å²) in [5, 5.41) is 0.781. The Bertz CT molecular complexity index is 813. The van der Waals surface area contributed by atoms with Crippen LogP contribution >= 0.6 is 11.8 Å². The normalized spacial score (nSPS) is 10.8. The number of amides is 1. The third kappa shape index (κ3) is 4.76. The number of rotatable bonds is 7. The summed E-state index contributed by atoms with van der Waals surface area (Å²) >= 11 is 1.43. The number of imidazole rings is 1. The number of aryl methyl sites for hydroxylation is 1.